The van der Waals surface area contributed by atoms with Crippen LogP contribution in [0, 0.1) is 18.2 Å². The zero-order valence-electron chi connectivity index (χ0n) is 13.0. The molecule has 0 aliphatic carbocycles. The van der Waals surface area contributed by atoms with Crippen LogP contribution in [0.1, 0.15) is 5.56 Å². The minimum absolute atomic E-state index is 0.0565. The molecule has 2 heterocycles. The Morgan fingerprint density at radius 3 is 2.88 bits per heavy atom. The maximum absolute atomic E-state index is 13.6. The third-order valence-electron chi connectivity index (χ3n) is 3.82. The number of hydrogen-bond donors (Lipinski definition) is 0. The molecule has 2 aromatic rings. The van der Waals surface area contributed by atoms with Crippen molar-refractivity contribution in [1.82, 2.24) is 14.7 Å². The number of carbonyl (C=O) groups excluding carboxylic acids is 1. The number of rotatable bonds is 4. The number of carbonyl (C=O) groups is 1. The maximum Gasteiger partial charge on any atom is 0.244 e. The van der Waals surface area contributed by atoms with Gasteiger partial charge in [0.15, 0.2) is 0 Å². The van der Waals surface area contributed by atoms with Crippen molar-refractivity contribution in [2.24, 2.45) is 0 Å². The molecule has 0 atom stereocenters. The van der Waals surface area contributed by atoms with E-state index in [2.05, 4.69) is 11.0 Å². The van der Waals surface area contributed by atoms with Gasteiger partial charge in [0.2, 0.25) is 5.91 Å². The van der Waals surface area contributed by atoms with Gasteiger partial charge in [0, 0.05) is 11.8 Å². The molecule has 0 radical (unpaired) electrons. The molecule has 1 aliphatic heterocycles. The number of terminal acetylenes is 1. The topological polar surface area (TPSA) is 47.4 Å². The summed E-state index contributed by atoms with van der Waals surface area (Å²) in [6.45, 7) is 0.151. The Labute approximate surface area is 137 Å². The van der Waals surface area contributed by atoms with Crippen LogP contribution in [0.2, 0.25) is 0 Å². The lowest BCUT2D eigenvalue weighted by Gasteiger charge is -2.34. The Hall–Kier alpha value is -2.88. The average molecular weight is 331 g/mol. The minimum Gasteiger partial charge on any atom is -0.496 e. The monoisotopic (exact) mass is 331 g/mol. The van der Waals surface area contributed by atoms with Gasteiger partial charge in [0.1, 0.15) is 30.0 Å². The number of benzene rings is 1. The van der Waals surface area contributed by atoms with E-state index in [1.807, 2.05) is 0 Å². The van der Waals surface area contributed by atoms with Crippen LogP contribution in [0.3, 0.4) is 0 Å². The van der Waals surface area contributed by atoms with E-state index in [4.69, 9.17) is 11.2 Å². The molecule has 0 spiro atoms. The normalized spacial score (nSPS) is 14.2. The SMILES string of the molecule is C#Cc1cn(CC(=O)N2CC(F)C2)nc1-c1cc(F)ccc1OC. The highest BCUT2D eigenvalue weighted by Crippen LogP contribution is 2.31. The number of ether oxygens (including phenoxy) is 1. The van der Waals surface area contributed by atoms with Gasteiger partial charge in [-0.05, 0) is 18.2 Å². The van der Waals surface area contributed by atoms with E-state index in [-0.39, 0.29) is 25.5 Å². The number of likely N-dealkylation sites (tertiary alicyclic amines) is 1. The summed E-state index contributed by atoms with van der Waals surface area (Å²) in [5, 5.41) is 4.29. The Bertz CT molecular complexity index is 820. The molecule has 1 aliphatic rings. The van der Waals surface area contributed by atoms with Crippen LogP contribution >= 0.6 is 0 Å². The van der Waals surface area contributed by atoms with Gasteiger partial charge in [-0.25, -0.2) is 8.78 Å². The van der Waals surface area contributed by atoms with Gasteiger partial charge < -0.3 is 9.64 Å². The van der Waals surface area contributed by atoms with Crippen molar-refractivity contribution in [1.29, 1.82) is 0 Å². The summed E-state index contributed by atoms with van der Waals surface area (Å²) in [7, 11) is 1.46. The van der Waals surface area contributed by atoms with Gasteiger partial charge >= 0.3 is 0 Å². The smallest absolute Gasteiger partial charge is 0.244 e. The second-order valence-electron chi connectivity index (χ2n) is 5.47. The van der Waals surface area contributed by atoms with E-state index in [0.29, 0.717) is 22.6 Å². The lowest BCUT2D eigenvalue weighted by Crippen LogP contribution is -2.52. The molecule has 0 bridgehead atoms. The molecule has 24 heavy (non-hydrogen) atoms. The molecule has 7 heteroatoms. The first-order valence-electron chi connectivity index (χ1n) is 7.31. The zero-order valence-corrected chi connectivity index (χ0v) is 13.0. The second-order valence-corrected chi connectivity index (χ2v) is 5.47. The number of hydrogen-bond acceptors (Lipinski definition) is 3. The molecular weight excluding hydrogens is 316 g/mol. The predicted molar refractivity (Wildman–Crippen MR) is 83.6 cm³/mol. The van der Waals surface area contributed by atoms with Crippen LogP contribution in [0.25, 0.3) is 11.3 Å². The molecule has 1 aromatic heterocycles. The van der Waals surface area contributed by atoms with Crippen molar-refractivity contribution in [2.75, 3.05) is 20.2 Å². The Morgan fingerprint density at radius 2 is 2.25 bits per heavy atom. The molecule has 5 nitrogen and oxygen atoms in total. The summed E-state index contributed by atoms with van der Waals surface area (Å²) in [5.74, 6) is 2.21. The number of nitrogens with zero attached hydrogens (tertiary/aromatic N) is 3. The fraction of sp³-hybridized carbons (Fsp3) is 0.294. The highest BCUT2D eigenvalue weighted by Gasteiger charge is 2.30. The molecule has 0 saturated carbocycles. The highest BCUT2D eigenvalue weighted by atomic mass is 19.1. The van der Waals surface area contributed by atoms with E-state index >= 15 is 0 Å². The molecule has 3 rings (SSSR count). The highest BCUT2D eigenvalue weighted by molar-refractivity contribution is 5.77. The van der Waals surface area contributed by atoms with Crippen molar-refractivity contribution in [3.8, 4) is 29.4 Å². The van der Waals surface area contributed by atoms with Crippen molar-refractivity contribution in [3.63, 3.8) is 0 Å². The van der Waals surface area contributed by atoms with E-state index in [1.54, 1.807) is 0 Å². The summed E-state index contributed by atoms with van der Waals surface area (Å²) in [5.41, 5.74) is 1.18. The van der Waals surface area contributed by atoms with Crippen LogP contribution in [0.4, 0.5) is 8.78 Å². The first-order chi connectivity index (χ1) is 11.5. The van der Waals surface area contributed by atoms with Crippen LogP contribution in [-0.4, -0.2) is 47.0 Å². The van der Waals surface area contributed by atoms with Crippen molar-refractivity contribution >= 4 is 5.91 Å². The predicted octanol–water partition coefficient (Wildman–Crippen LogP) is 1.86. The minimum atomic E-state index is -0.958. The summed E-state index contributed by atoms with van der Waals surface area (Å²) >= 11 is 0. The number of alkyl halides is 1. The lowest BCUT2D eigenvalue weighted by atomic mass is 10.1. The first-order valence-corrected chi connectivity index (χ1v) is 7.31. The number of methoxy groups -OCH3 is 1. The Balaban J connectivity index is 1.90. The van der Waals surface area contributed by atoms with Gasteiger partial charge in [-0.2, -0.15) is 5.10 Å². The Kier molecular flexibility index (Phi) is 4.21. The standard InChI is InChI=1S/C17H15F2N3O2/c1-3-11-7-22(10-16(23)21-8-13(19)9-21)20-17(11)14-6-12(18)4-5-15(14)24-2/h1,4-7,13H,8-10H2,2H3. The van der Waals surface area contributed by atoms with Crippen LogP contribution in [0.15, 0.2) is 24.4 Å². The molecule has 1 saturated heterocycles. The first kappa shape index (κ1) is 16.0. The van der Waals surface area contributed by atoms with Crippen LogP contribution < -0.4 is 4.74 Å². The second kappa shape index (κ2) is 6.32. The summed E-state index contributed by atoms with van der Waals surface area (Å²) in [4.78, 5) is 13.4. The quantitative estimate of drug-likeness (QED) is 0.804. The van der Waals surface area contributed by atoms with Crippen molar-refractivity contribution < 1.29 is 18.3 Å². The summed E-state index contributed by atoms with van der Waals surface area (Å²) < 4.78 is 33.0. The number of amides is 1. The van der Waals surface area contributed by atoms with Gasteiger partial charge in [0.05, 0.1) is 25.8 Å². The third kappa shape index (κ3) is 2.95. The van der Waals surface area contributed by atoms with Crippen molar-refractivity contribution in [3.05, 3.63) is 35.8 Å². The van der Waals surface area contributed by atoms with E-state index in [9.17, 15) is 13.6 Å². The molecule has 1 fully saturated rings. The van der Waals surface area contributed by atoms with Gasteiger partial charge in [-0.15, -0.1) is 6.42 Å². The fourth-order valence-electron chi connectivity index (χ4n) is 2.54. The Morgan fingerprint density at radius 1 is 1.50 bits per heavy atom. The summed E-state index contributed by atoms with van der Waals surface area (Å²) in [6, 6.07) is 4.03. The molecule has 1 amide bonds. The molecule has 0 N–H and O–H groups in total. The van der Waals surface area contributed by atoms with Gasteiger partial charge in [-0.1, -0.05) is 5.92 Å². The number of aromatic nitrogens is 2. The van der Waals surface area contributed by atoms with E-state index in [0.717, 1.165) is 0 Å². The largest absolute Gasteiger partial charge is 0.496 e. The fourth-order valence-corrected chi connectivity index (χ4v) is 2.54. The van der Waals surface area contributed by atoms with Crippen LogP contribution in [-0.2, 0) is 11.3 Å². The lowest BCUT2D eigenvalue weighted by molar-refractivity contribution is -0.139. The maximum atomic E-state index is 13.6. The van der Waals surface area contributed by atoms with Crippen LogP contribution in [0.5, 0.6) is 5.75 Å². The molecular formula is C17H15F2N3O2. The van der Waals surface area contributed by atoms with Gasteiger partial charge in [-0.3, -0.25) is 9.48 Å². The van der Waals surface area contributed by atoms with Crippen molar-refractivity contribution in [2.45, 2.75) is 12.7 Å². The molecule has 0 unspecified atom stereocenters. The van der Waals surface area contributed by atoms with Gasteiger partial charge in [0.25, 0.3) is 0 Å². The molecule has 124 valence electrons. The molecule has 1 aromatic carbocycles. The number of halogens is 2. The third-order valence-corrected chi connectivity index (χ3v) is 3.82. The zero-order chi connectivity index (χ0) is 17.3. The summed E-state index contributed by atoms with van der Waals surface area (Å²) in [6.07, 6.45) is 6.07. The van der Waals surface area contributed by atoms with E-state index < -0.39 is 12.0 Å². The average Bonchev–Trinajstić information content (AvgIpc) is 2.94. The van der Waals surface area contributed by atoms with E-state index in [1.165, 1.54) is 41.1 Å².